The van der Waals surface area contributed by atoms with Gasteiger partial charge >= 0.3 is 0 Å². The van der Waals surface area contributed by atoms with Crippen LogP contribution in [0.5, 0.6) is 17.2 Å². The molecule has 2 rings (SSSR count). The summed E-state index contributed by atoms with van der Waals surface area (Å²) in [4.78, 5) is 12.4. The molecule has 1 N–H and O–H groups in total. The van der Waals surface area contributed by atoms with Crippen molar-refractivity contribution < 1.29 is 19.0 Å². The smallest absolute Gasteiger partial charge is 0.266 e. The first kappa shape index (κ1) is 19.9. The van der Waals surface area contributed by atoms with E-state index in [1.165, 1.54) is 20.3 Å². The van der Waals surface area contributed by atoms with E-state index >= 15 is 0 Å². The largest absolute Gasteiger partial charge is 0.494 e. The minimum absolute atomic E-state index is 0.00740. The van der Waals surface area contributed by atoms with E-state index in [1.54, 1.807) is 30.3 Å². The van der Waals surface area contributed by atoms with Crippen molar-refractivity contribution in [2.24, 2.45) is 0 Å². The quantitative estimate of drug-likeness (QED) is 0.563. The summed E-state index contributed by atoms with van der Waals surface area (Å²) in [6.45, 7) is 2.68. The molecule has 0 radical (unpaired) electrons. The number of amides is 1. The molecule has 0 saturated heterocycles. The lowest BCUT2D eigenvalue weighted by atomic mass is 10.1. The van der Waals surface area contributed by atoms with Crippen molar-refractivity contribution in [2.75, 3.05) is 26.1 Å². The molecule has 0 atom stereocenters. The topological polar surface area (TPSA) is 80.6 Å². The highest BCUT2D eigenvalue weighted by Crippen LogP contribution is 2.30. The van der Waals surface area contributed by atoms with Crippen LogP contribution in [0.3, 0.4) is 0 Å². The van der Waals surface area contributed by atoms with Crippen molar-refractivity contribution in [1.82, 2.24) is 0 Å². The first-order valence-corrected chi connectivity index (χ1v) is 8.49. The van der Waals surface area contributed by atoms with Gasteiger partial charge in [0.05, 0.1) is 20.8 Å². The number of methoxy groups -OCH3 is 2. The van der Waals surface area contributed by atoms with Gasteiger partial charge in [-0.15, -0.1) is 0 Å². The molecule has 0 aliphatic rings. The van der Waals surface area contributed by atoms with Gasteiger partial charge in [0.15, 0.2) is 11.5 Å². The Bertz CT molecular complexity index is 851. The van der Waals surface area contributed by atoms with Crippen LogP contribution < -0.4 is 19.5 Å². The number of rotatable bonds is 8. The number of anilines is 1. The molecule has 2 aromatic carbocycles. The Morgan fingerprint density at radius 2 is 1.81 bits per heavy atom. The number of nitrogens with one attached hydrogen (secondary N) is 1. The van der Waals surface area contributed by atoms with E-state index < -0.39 is 5.91 Å². The highest BCUT2D eigenvalue weighted by Gasteiger charge is 2.12. The van der Waals surface area contributed by atoms with E-state index in [1.807, 2.05) is 25.1 Å². The molecule has 1 amide bonds. The van der Waals surface area contributed by atoms with E-state index in [0.29, 0.717) is 23.8 Å². The second kappa shape index (κ2) is 9.88. The van der Waals surface area contributed by atoms with Gasteiger partial charge in [-0.1, -0.05) is 19.1 Å². The fraction of sp³-hybridized carbons (Fsp3) is 0.238. The second-order valence-corrected chi connectivity index (χ2v) is 5.61. The van der Waals surface area contributed by atoms with Gasteiger partial charge in [-0.25, -0.2) is 0 Å². The highest BCUT2D eigenvalue weighted by molar-refractivity contribution is 6.09. The maximum Gasteiger partial charge on any atom is 0.266 e. The second-order valence-electron chi connectivity index (χ2n) is 5.61. The summed E-state index contributed by atoms with van der Waals surface area (Å²) in [6, 6.07) is 14.1. The summed E-state index contributed by atoms with van der Waals surface area (Å²) in [5.41, 5.74) is 1.23. The molecular weight excluding hydrogens is 344 g/mol. The first-order chi connectivity index (χ1) is 13.1. The Morgan fingerprint density at radius 1 is 1.11 bits per heavy atom. The molecule has 0 spiro atoms. The predicted molar refractivity (Wildman–Crippen MR) is 104 cm³/mol. The third-order valence-electron chi connectivity index (χ3n) is 3.67. The Morgan fingerprint density at radius 3 is 2.41 bits per heavy atom. The Hall–Kier alpha value is -3.46. The zero-order chi connectivity index (χ0) is 19.6. The van der Waals surface area contributed by atoms with E-state index in [2.05, 4.69) is 5.32 Å². The lowest BCUT2D eigenvalue weighted by Crippen LogP contribution is -2.13. The molecule has 2 aromatic rings. The zero-order valence-corrected chi connectivity index (χ0v) is 15.6. The van der Waals surface area contributed by atoms with Gasteiger partial charge in [-0.05, 0) is 42.3 Å². The van der Waals surface area contributed by atoms with Crippen molar-refractivity contribution >= 4 is 17.7 Å². The summed E-state index contributed by atoms with van der Waals surface area (Å²) < 4.78 is 15.9. The van der Waals surface area contributed by atoms with Crippen LogP contribution in [-0.4, -0.2) is 26.7 Å². The molecule has 0 bridgehead atoms. The average Bonchev–Trinajstić information content (AvgIpc) is 2.71. The molecule has 140 valence electrons. The molecule has 6 heteroatoms. The summed E-state index contributed by atoms with van der Waals surface area (Å²) >= 11 is 0. The maximum atomic E-state index is 12.4. The minimum Gasteiger partial charge on any atom is -0.494 e. The normalized spacial score (nSPS) is 10.7. The van der Waals surface area contributed by atoms with E-state index in [-0.39, 0.29) is 5.57 Å². The van der Waals surface area contributed by atoms with Crippen LogP contribution in [0.25, 0.3) is 6.08 Å². The van der Waals surface area contributed by atoms with Crippen molar-refractivity contribution in [3.8, 4) is 23.3 Å². The number of nitrogens with zero attached hydrogens (tertiary/aromatic N) is 1. The monoisotopic (exact) mass is 366 g/mol. The Balaban J connectivity index is 2.13. The Labute approximate surface area is 159 Å². The number of hydrogen-bond donors (Lipinski definition) is 1. The Kier molecular flexibility index (Phi) is 7.26. The van der Waals surface area contributed by atoms with Gasteiger partial charge in [-0.2, -0.15) is 5.26 Å². The summed E-state index contributed by atoms with van der Waals surface area (Å²) in [5.74, 6) is 1.29. The lowest BCUT2D eigenvalue weighted by Gasteiger charge is -2.10. The van der Waals surface area contributed by atoms with Crippen LogP contribution in [0.15, 0.2) is 48.0 Å². The first-order valence-electron chi connectivity index (χ1n) is 8.49. The fourth-order valence-electron chi connectivity index (χ4n) is 2.31. The zero-order valence-electron chi connectivity index (χ0n) is 15.6. The van der Waals surface area contributed by atoms with Crippen LogP contribution in [0.2, 0.25) is 0 Å². The van der Waals surface area contributed by atoms with Crippen molar-refractivity contribution in [1.29, 1.82) is 5.26 Å². The van der Waals surface area contributed by atoms with Crippen molar-refractivity contribution in [2.45, 2.75) is 13.3 Å². The summed E-state index contributed by atoms with van der Waals surface area (Å²) in [7, 11) is 3.04. The number of nitriles is 1. The number of hydrogen-bond acceptors (Lipinski definition) is 5. The summed E-state index contributed by atoms with van der Waals surface area (Å²) in [6.07, 6.45) is 2.45. The molecule has 0 unspecified atom stereocenters. The highest BCUT2D eigenvalue weighted by atomic mass is 16.5. The fourth-order valence-corrected chi connectivity index (χ4v) is 2.31. The minimum atomic E-state index is -0.504. The number of carbonyl (C=O) groups is 1. The van der Waals surface area contributed by atoms with Gasteiger partial charge in [0.25, 0.3) is 5.91 Å². The van der Waals surface area contributed by atoms with Crippen molar-refractivity contribution in [3.05, 3.63) is 53.6 Å². The third-order valence-corrected chi connectivity index (χ3v) is 3.67. The van der Waals surface area contributed by atoms with Gasteiger partial charge in [-0.3, -0.25) is 4.79 Å². The van der Waals surface area contributed by atoms with E-state index in [9.17, 15) is 10.1 Å². The molecule has 0 aliphatic carbocycles. The van der Waals surface area contributed by atoms with Gasteiger partial charge in [0.2, 0.25) is 0 Å². The molecule has 6 nitrogen and oxygen atoms in total. The molecule has 0 saturated carbocycles. The van der Waals surface area contributed by atoms with Gasteiger partial charge in [0.1, 0.15) is 17.4 Å². The number of benzene rings is 2. The molecular formula is C21H22N2O4. The van der Waals surface area contributed by atoms with Crippen molar-refractivity contribution in [3.63, 3.8) is 0 Å². The van der Waals surface area contributed by atoms with Crippen LogP contribution in [0.1, 0.15) is 18.9 Å². The molecule has 0 heterocycles. The van der Waals surface area contributed by atoms with Crippen LogP contribution >= 0.6 is 0 Å². The standard InChI is InChI=1S/C21H22N2O4/c1-4-11-27-18-8-5-15(6-9-18)12-16(14-22)21(24)23-17-7-10-19(25-2)20(13-17)26-3/h5-10,12-13H,4,11H2,1-3H3,(H,23,24)/b16-12+. The van der Waals surface area contributed by atoms with Crippen LogP contribution in [0.4, 0.5) is 5.69 Å². The van der Waals surface area contributed by atoms with E-state index in [4.69, 9.17) is 14.2 Å². The average molecular weight is 366 g/mol. The maximum absolute atomic E-state index is 12.4. The van der Waals surface area contributed by atoms with E-state index in [0.717, 1.165) is 17.7 Å². The third kappa shape index (κ3) is 5.51. The molecule has 0 fully saturated rings. The molecule has 0 aromatic heterocycles. The van der Waals surface area contributed by atoms with Crippen LogP contribution in [0, 0.1) is 11.3 Å². The predicted octanol–water partition coefficient (Wildman–Crippen LogP) is 4.04. The van der Waals surface area contributed by atoms with Gasteiger partial charge in [0, 0.05) is 11.8 Å². The lowest BCUT2D eigenvalue weighted by molar-refractivity contribution is -0.112. The SMILES string of the molecule is CCCOc1ccc(/C=C(\C#N)C(=O)Nc2ccc(OC)c(OC)c2)cc1. The number of ether oxygens (including phenoxy) is 3. The molecule has 27 heavy (non-hydrogen) atoms. The van der Waals surface area contributed by atoms with Crippen LogP contribution in [-0.2, 0) is 4.79 Å². The summed E-state index contributed by atoms with van der Waals surface area (Å²) in [5, 5.41) is 12.0. The molecule has 0 aliphatic heterocycles. The van der Waals surface area contributed by atoms with Gasteiger partial charge < -0.3 is 19.5 Å². The number of carbonyl (C=O) groups excluding carboxylic acids is 1.